The van der Waals surface area contributed by atoms with Crippen LogP contribution in [0.4, 0.5) is 0 Å². The van der Waals surface area contributed by atoms with Crippen molar-refractivity contribution in [1.82, 2.24) is 20.1 Å². The zero-order chi connectivity index (χ0) is 22.4. The van der Waals surface area contributed by atoms with Gasteiger partial charge in [-0.2, -0.15) is 0 Å². The first-order valence-corrected chi connectivity index (χ1v) is 10.8. The van der Waals surface area contributed by atoms with Gasteiger partial charge in [-0.3, -0.25) is 19.4 Å². The van der Waals surface area contributed by atoms with Crippen molar-refractivity contribution < 1.29 is 14.4 Å². The van der Waals surface area contributed by atoms with Crippen molar-refractivity contribution in [3.05, 3.63) is 64.9 Å². The molecule has 1 aliphatic heterocycles. The summed E-state index contributed by atoms with van der Waals surface area (Å²) in [6, 6.07) is 11.6. The second-order valence-corrected chi connectivity index (χ2v) is 8.29. The summed E-state index contributed by atoms with van der Waals surface area (Å²) in [6.07, 6.45) is 1.92. The van der Waals surface area contributed by atoms with Crippen LogP contribution < -0.4 is 5.32 Å². The van der Waals surface area contributed by atoms with Crippen LogP contribution in [0.15, 0.2) is 48.7 Å². The second kappa shape index (κ2) is 10.4. The Morgan fingerprint density at radius 1 is 1.00 bits per heavy atom. The highest BCUT2D eigenvalue weighted by atomic mass is 35.5. The molecule has 8 heteroatoms. The summed E-state index contributed by atoms with van der Waals surface area (Å²) in [5, 5.41) is 3.18. The summed E-state index contributed by atoms with van der Waals surface area (Å²) in [4.78, 5) is 46.0. The molecular weight excluding hydrogens is 416 g/mol. The van der Waals surface area contributed by atoms with Crippen molar-refractivity contribution in [3.63, 3.8) is 0 Å². The molecule has 3 rings (SSSR count). The second-order valence-electron chi connectivity index (χ2n) is 7.88. The Labute approximate surface area is 187 Å². The lowest BCUT2D eigenvalue weighted by molar-refractivity contribution is -0.141. The average Bonchev–Trinajstić information content (AvgIpc) is 2.77. The predicted octanol–water partition coefficient (Wildman–Crippen LogP) is 2.40. The van der Waals surface area contributed by atoms with E-state index in [2.05, 4.69) is 10.3 Å². The molecule has 0 aliphatic carbocycles. The molecule has 1 aromatic heterocycles. The van der Waals surface area contributed by atoms with Gasteiger partial charge in [-0.25, -0.2) is 0 Å². The first-order valence-electron chi connectivity index (χ1n) is 10.4. The van der Waals surface area contributed by atoms with E-state index in [0.717, 1.165) is 5.69 Å². The van der Waals surface area contributed by atoms with Gasteiger partial charge >= 0.3 is 0 Å². The van der Waals surface area contributed by atoms with Gasteiger partial charge < -0.3 is 15.1 Å². The van der Waals surface area contributed by atoms with Crippen LogP contribution in [0.2, 0.25) is 5.02 Å². The minimum Gasteiger partial charge on any atom is -0.340 e. The third-order valence-electron chi connectivity index (χ3n) is 5.34. The molecular formula is C23H27ClN4O3. The van der Waals surface area contributed by atoms with Gasteiger partial charge in [-0.1, -0.05) is 43.6 Å². The van der Waals surface area contributed by atoms with Crippen LogP contribution in [0.25, 0.3) is 0 Å². The van der Waals surface area contributed by atoms with E-state index >= 15 is 0 Å². The van der Waals surface area contributed by atoms with Crippen LogP contribution in [0.5, 0.6) is 0 Å². The van der Waals surface area contributed by atoms with Gasteiger partial charge in [0.05, 0.1) is 17.0 Å². The molecule has 1 unspecified atom stereocenters. The molecule has 7 nitrogen and oxygen atoms in total. The van der Waals surface area contributed by atoms with E-state index in [1.807, 2.05) is 32.0 Å². The summed E-state index contributed by atoms with van der Waals surface area (Å²) in [5.74, 6) is -0.616. The van der Waals surface area contributed by atoms with E-state index in [4.69, 9.17) is 11.6 Å². The molecule has 1 atom stereocenters. The molecule has 0 bridgehead atoms. The summed E-state index contributed by atoms with van der Waals surface area (Å²) >= 11 is 6.12. The van der Waals surface area contributed by atoms with Gasteiger partial charge in [0.1, 0.15) is 6.04 Å². The Bertz CT molecular complexity index is 927. The molecule has 1 saturated heterocycles. The third-order valence-corrected chi connectivity index (χ3v) is 5.67. The van der Waals surface area contributed by atoms with Crippen LogP contribution in [0, 0.1) is 5.92 Å². The number of aromatic nitrogens is 1. The highest BCUT2D eigenvalue weighted by molar-refractivity contribution is 6.33. The van der Waals surface area contributed by atoms with Crippen LogP contribution in [0.1, 0.15) is 29.9 Å². The Morgan fingerprint density at radius 2 is 1.65 bits per heavy atom. The molecule has 0 radical (unpaired) electrons. The lowest BCUT2D eigenvalue weighted by Crippen LogP contribution is -2.57. The molecule has 2 heterocycles. The number of carbonyl (C=O) groups excluding carboxylic acids is 3. The van der Waals surface area contributed by atoms with E-state index < -0.39 is 6.04 Å². The van der Waals surface area contributed by atoms with Crippen molar-refractivity contribution in [2.24, 2.45) is 5.92 Å². The summed E-state index contributed by atoms with van der Waals surface area (Å²) in [7, 11) is 0. The minimum atomic E-state index is -0.667. The molecule has 0 saturated carbocycles. The maximum Gasteiger partial charge on any atom is 0.253 e. The molecule has 0 spiro atoms. The topological polar surface area (TPSA) is 82.6 Å². The predicted molar refractivity (Wildman–Crippen MR) is 119 cm³/mol. The van der Waals surface area contributed by atoms with Gasteiger partial charge in [-0.15, -0.1) is 0 Å². The number of hydrogen-bond donors (Lipinski definition) is 1. The van der Waals surface area contributed by atoms with Gasteiger partial charge in [0, 0.05) is 38.1 Å². The summed E-state index contributed by atoms with van der Waals surface area (Å²) < 4.78 is 0. The average molecular weight is 443 g/mol. The number of hydrogen-bond acceptors (Lipinski definition) is 4. The lowest BCUT2D eigenvalue weighted by atomic mass is 10.0. The third kappa shape index (κ3) is 5.82. The van der Waals surface area contributed by atoms with Gasteiger partial charge in [-0.05, 0) is 30.2 Å². The smallest absolute Gasteiger partial charge is 0.253 e. The number of piperazine rings is 1. The van der Waals surface area contributed by atoms with Crippen molar-refractivity contribution in [1.29, 1.82) is 0 Å². The largest absolute Gasteiger partial charge is 0.340 e. The van der Waals surface area contributed by atoms with Gasteiger partial charge in [0.15, 0.2) is 0 Å². The highest BCUT2D eigenvalue weighted by Crippen LogP contribution is 2.17. The number of nitrogens with zero attached hydrogens (tertiary/aromatic N) is 3. The fourth-order valence-corrected chi connectivity index (χ4v) is 3.74. The molecule has 1 fully saturated rings. The number of nitrogens with one attached hydrogen (secondary N) is 1. The molecule has 164 valence electrons. The van der Waals surface area contributed by atoms with Crippen LogP contribution in [0.3, 0.4) is 0 Å². The normalized spacial score (nSPS) is 15.0. The maximum absolute atomic E-state index is 13.1. The zero-order valence-electron chi connectivity index (χ0n) is 17.8. The monoisotopic (exact) mass is 442 g/mol. The van der Waals surface area contributed by atoms with E-state index in [-0.39, 0.29) is 30.1 Å². The minimum absolute atomic E-state index is 0.00164. The van der Waals surface area contributed by atoms with Gasteiger partial charge in [0.2, 0.25) is 11.8 Å². The van der Waals surface area contributed by atoms with E-state index in [1.54, 1.807) is 40.3 Å². The van der Waals surface area contributed by atoms with E-state index in [1.165, 1.54) is 0 Å². The molecule has 31 heavy (non-hydrogen) atoms. The SMILES string of the molecule is CC(C)C(NC(=O)c1ccccc1Cl)C(=O)N1CCN(C(=O)Cc2ccccn2)CC1. The fourth-order valence-electron chi connectivity index (χ4n) is 3.52. The molecule has 1 aliphatic rings. The summed E-state index contributed by atoms with van der Waals surface area (Å²) in [6.45, 7) is 5.56. The number of pyridine rings is 1. The standard InChI is InChI=1S/C23H27ClN4O3/c1-16(2)21(26-22(30)18-8-3-4-9-19(18)24)23(31)28-13-11-27(12-14-28)20(29)15-17-7-5-6-10-25-17/h3-10,16,21H,11-15H2,1-2H3,(H,26,30). The van der Waals surface area contributed by atoms with Crippen LogP contribution in [-0.4, -0.2) is 64.7 Å². The molecule has 3 amide bonds. The zero-order valence-corrected chi connectivity index (χ0v) is 18.5. The van der Waals surface area contributed by atoms with Crippen LogP contribution in [-0.2, 0) is 16.0 Å². The first-order chi connectivity index (χ1) is 14.9. The number of rotatable bonds is 6. The van der Waals surface area contributed by atoms with E-state index in [0.29, 0.717) is 36.8 Å². The quantitative estimate of drug-likeness (QED) is 0.744. The van der Waals surface area contributed by atoms with Gasteiger partial charge in [0.25, 0.3) is 5.91 Å². The Kier molecular flexibility index (Phi) is 7.63. The van der Waals surface area contributed by atoms with Crippen molar-refractivity contribution in [3.8, 4) is 0 Å². The number of benzene rings is 1. The van der Waals surface area contributed by atoms with Crippen LogP contribution >= 0.6 is 11.6 Å². The molecule has 1 aromatic carbocycles. The Hall–Kier alpha value is -2.93. The number of carbonyl (C=O) groups is 3. The molecule has 1 N–H and O–H groups in total. The van der Waals surface area contributed by atoms with Crippen molar-refractivity contribution in [2.75, 3.05) is 26.2 Å². The first kappa shape index (κ1) is 22.7. The summed E-state index contributed by atoms with van der Waals surface area (Å²) in [5.41, 5.74) is 1.07. The number of amides is 3. The fraction of sp³-hybridized carbons (Fsp3) is 0.391. The Balaban J connectivity index is 1.58. The Morgan fingerprint density at radius 3 is 2.26 bits per heavy atom. The lowest BCUT2D eigenvalue weighted by Gasteiger charge is -2.37. The number of halogens is 1. The van der Waals surface area contributed by atoms with Crippen molar-refractivity contribution >= 4 is 29.3 Å². The van der Waals surface area contributed by atoms with Crippen molar-refractivity contribution in [2.45, 2.75) is 26.3 Å². The molecule has 2 aromatic rings. The highest BCUT2D eigenvalue weighted by Gasteiger charge is 2.32. The maximum atomic E-state index is 13.1. The van der Waals surface area contributed by atoms with E-state index in [9.17, 15) is 14.4 Å².